The van der Waals surface area contributed by atoms with Crippen LogP contribution in [0.3, 0.4) is 0 Å². The summed E-state index contributed by atoms with van der Waals surface area (Å²) in [7, 11) is 0. The van der Waals surface area contributed by atoms with Crippen LogP contribution in [0.1, 0.15) is 55.0 Å². The van der Waals surface area contributed by atoms with Crippen molar-refractivity contribution in [3.8, 4) is 5.69 Å². The molecule has 0 aliphatic carbocycles. The van der Waals surface area contributed by atoms with Gasteiger partial charge in [-0.25, -0.2) is 4.79 Å². The van der Waals surface area contributed by atoms with Crippen LogP contribution in [0.15, 0.2) is 27.8 Å². The molecule has 0 saturated heterocycles. The summed E-state index contributed by atoms with van der Waals surface area (Å²) in [4.78, 5) is 44.0. The van der Waals surface area contributed by atoms with Crippen molar-refractivity contribution in [2.75, 3.05) is 17.2 Å². The number of aryl methyl sites for hydroxylation is 3. The van der Waals surface area contributed by atoms with Crippen LogP contribution in [0.25, 0.3) is 5.69 Å². The monoisotopic (exact) mass is 467 g/mol. The summed E-state index contributed by atoms with van der Waals surface area (Å²) in [5, 5.41) is 8.91. The van der Waals surface area contributed by atoms with Crippen molar-refractivity contribution in [2.24, 2.45) is 11.8 Å². The van der Waals surface area contributed by atoms with E-state index in [4.69, 9.17) is 5.73 Å². The Morgan fingerprint density at radius 1 is 1.09 bits per heavy atom. The Morgan fingerprint density at radius 3 is 2.35 bits per heavy atom. The fourth-order valence-electron chi connectivity index (χ4n) is 3.87. The Balaban J connectivity index is 2.14. The lowest BCUT2D eigenvalue weighted by molar-refractivity contribution is 0.0977. The van der Waals surface area contributed by atoms with Gasteiger partial charge in [-0.15, -0.1) is 5.10 Å². The first kappa shape index (κ1) is 24.9. The molecule has 34 heavy (non-hydrogen) atoms. The first-order valence-electron chi connectivity index (χ1n) is 11.4. The molecule has 1 amide bonds. The third kappa shape index (κ3) is 4.95. The number of carbonyl (C=O) groups excluding carboxylic acids is 1. The van der Waals surface area contributed by atoms with Crippen LogP contribution in [0, 0.1) is 32.6 Å². The van der Waals surface area contributed by atoms with E-state index in [0.29, 0.717) is 12.2 Å². The van der Waals surface area contributed by atoms with Gasteiger partial charge < -0.3 is 5.73 Å². The number of aromatic amines is 1. The average molecular weight is 468 g/mol. The number of aromatic nitrogens is 5. The second kappa shape index (κ2) is 9.66. The van der Waals surface area contributed by atoms with Crippen LogP contribution in [-0.2, 0) is 6.54 Å². The minimum absolute atomic E-state index is 0.0166. The van der Waals surface area contributed by atoms with E-state index in [9.17, 15) is 14.4 Å². The standard InChI is InChI=1S/C24H33N7O3/c1-13(2)11-29(20-21(25)30(12-14(3)4)24(34)26-22(20)32)23(33)19-17(7)27-31(28-19)18-9-8-15(5)10-16(18)6/h8-10,13-14H,11-12,25H2,1-7H3,(H,26,32,34). The number of nitrogen functional groups attached to an aromatic ring is 1. The van der Waals surface area contributed by atoms with Crippen LogP contribution in [0.5, 0.6) is 0 Å². The SMILES string of the molecule is Cc1ccc(-n2nc(C)c(C(=O)N(CC(C)C)c3c(N)n(CC(C)C)c(=O)[nH]c3=O)n2)c(C)c1. The molecule has 3 rings (SSSR count). The van der Waals surface area contributed by atoms with Crippen molar-refractivity contribution in [2.45, 2.75) is 55.0 Å². The minimum Gasteiger partial charge on any atom is -0.383 e. The molecule has 0 spiro atoms. The third-order valence-corrected chi connectivity index (χ3v) is 5.38. The Morgan fingerprint density at radius 2 is 1.76 bits per heavy atom. The molecule has 2 aromatic heterocycles. The molecule has 0 bridgehead atoms. The second-order valence-electron chi connectivity index (χ2n) is 9.52. The highest BCUT2D eigenvalue weighted by Gasteiger charge is 2.29. The maximum atomic E-state index is 13.7. The van der Waals surface area contributed by atoms with E-state index in [-0.39, 0.29) is 35.6 Å². The van der Waals surface area contributed by atoms with E-state index in [0.717, 1.165) is 16.8 Å². The number of hydrogen-bond donors (Lipinski definition) is 2. The zero-order valence-corrected chi connectivity index (χ0v) is 20.8. The van der Waals surface area contributed by atoms with Crippen molar-refractivity contribution in [3.63, 3.8) is 0 Å². The number of nitrogens with zero attached hydrogens (tertiary/aromatic N) is 5. The molecule has 0 aliphatic rings. The molecule has 182 valence electrons. The molecule has 0 fully saturated rings. The first-order chi connectivity index (χ1) is 15.9. The summed E-state index contributed by atoms with van der Waals surface area (Å²) in [6.07, 6.45) is 0. The van der Waals surface area contributed by atoms with Gasteiger partial charge in [0.1, 0.15) is 5.82 Å². The molecule has 2 heterocycles. The molecule has 3 N–H and O–H groups in total. The summed E-state index contributed by atoms with van der Waals surface area (Å²) >= 11 is 0. The van der Waals surface area contributed by atoms with Crippen molar-refractivity contribution in [3.05, 3.63) is 61.6 Å². The number of anilines is 2. The highest BCUT2D eigenvalue weighted by molar-refractivity contribution is 6.06. The maximum absolute atomic E-state index is 13.7. The Kier molecular flexibility index (Phi) is 7.09. The molecule has 0 aliphatic heterocycles. The number of H-pyrrole nitrogens is 1. The first-order valence-corrected chi connectivity index (χ1v) is 11.4. The second-order valence-corrected chi connectivity index (χ2v) is 9.52. The number of nitrogens with two attached hydrogens (primary N) is 1. The summed E-state index contributed by atoms with van der Waals surface area (Å²) in [6.45, 7) is 13.9. The van der Waals surface area contributed by atoms with Crippen LogP contribution < -0.4 is 21.9 Å². The van der Waals surface area contributed by atoms with Gasteiger partial charge in [-0.1, -0.05) is 45.4 Å². The smallest absolute Gasteiger partial charge is 0.330 e. The summed E-state index contributed by atoms with van der Waals surface area (Å²) in [6, 6.07) is 5.86. The number of hydrogen-bond acceptors (Lipinski definition) is 6. The number of benzene rings is 1. The fourth-order valence-corrected chi connectivity index (χ4v) is 3.87. The maximum Gasteiger partial charge on any atom is 0.330 e. The molecular weight excluding hydrogens is 434 g/mol. The highest BCUT2D eigenvalue weighted by Crippen LogP contribution is 2.23. The van der Waals surface area contributed by atoms with E-state index < -0.39 is 17.2 Å². The lowest BCUT2D eigenvalue weighted by atomic mass is 10.1. The highest BCUT2D eigenvalue weighted by atomic mass is 16.2. The summed E-state index contributed by atoms with van der Waals surface area (Å²) < 4.78 is 1.29. The molecule has 0 atom stereocenters. The lowest BCUT2D eigenvalue weighted by Gasteiger charge is -2.25. The van der Waals surface area contributed by atoms with E-state index in [1.54, 1.807) is 6.92 Å². The number of amides is 1. The van der Waals surface area contributed by atoms with Gasteiger partial charge in [0, 0.05) is 13.1 Å². The molecule has 10 nitrogen and oxygen atoms in total. The Labute approximate surface area is 198 Å². The van der Waals surface area contributed by atoms with Gasteiger partial charge in [0.15, 0.2) is 11.4 Å². The van der Waals surface area contributed by atoms with Crippen molar-refractivity contribution >= 4 is 17.4 Å². The van der Waals surface area contributed by atoms with Crippen molar-refractivity contribution in [1.29, 1.82) is 0 Å². The summed E-state index contributed by atoms with van der Waals surface area (Å²) in [5.74, 6) is -0.430. The molecule has 0 radical (unpaired) electrons. The third-order valence-electron chi connectivity index (χ3n) is 5.38. The van der Waals surface area contributed by atoms with E-state index in [1.165, 1.54) is 14.3 Å². The van der Waals surface area contributed by atoms with Crippen LogP contribution in [0.2, 0.25) is 0 Å². The Bertz CT molecular complexity index is 1330. The molecule has 0 saturated carbocycles. The largest absolute Gasteiger partial charge is 0.383 e. The number of rotatable bonds is 7. The van der Waals surface area contributed by atoms with E-state index in [1.807, 2.05) is 59.7 Å². The van der Waals surface area contributed by atoms with Gasteiger partial charge in [-0.2, -0.15) is 9.90 Å². The van der Waals surface area contributed by atoms with Gasteiger partial charge in [0.25, 0.3) is 11.5 Å². The lowest BCUT2D eigenvalue weighted by Crippen LogP contribution is -2.43. The molecule has 0 unspecified atom stereocenters. The normalized spacial score (nSPS) is 11.4. The Hall–Kier alpha value is -3.69. The molecule has 10 heteroatoms. The fraction of sp³-hybridized carbons (Fsp3) is 0.458. The number of nitrogens with one attached hydrogen (secondary N) is 1. The quantitative estimate of drug-likeness (QED) is 0.549. The van der Waals surface area contributed by atoms with Gasteiger partial charge in [-0.3, -0.25) is 24.0 Å². The van der Waals surface area contributed by atoms with E-state index in [2.05, 4.69) is 15.2 Å². The number of carbonyl (C=O) groups is 1. The minimum atomic E-state index is -0.712. The van der Waals surface area contributed by atoms with Gasteiger partial charge in [-0.05, 0) is 44.2 Å². The van der Waals surface area contributed by atoms with Crippen LogP contribution in [0.4, 0.5) is 11.5 Å². The summed E-state index contributed by atoms with van der Waals surface area (Å²) in [5.41, 5.74) is 8.29. The topological polar surface area (TPSA) is 132 Å². The van der Waals surface area contributed by atoms with Crippen molar-refractivity contribution in [1.82, 2.24) is 24.5 Å². The predicted molar refractivity (Wildman–Crippen MR) is 133 cm³/mol. The van der Waals surface area contributed by atoms with Gasteiger partial charge in [0.05, 0.1) is 11.4 Å². The predicted octanol–water partition coefficient (Wildman–Crippen LogP) is 2.58. The van der Waals surface area contributed by atoms with Crippen molar-refractivity contribution < 1.29 is 4.79 Å². The molecule has 3 aromatic rings. The molecule has 1 aromatic carbocycles. The zero-order chi connectivity index (χ0) is 25.3. The van der Waals surface area contributed by atoms with Gasteiger partial charge in [0.2, 0.25) is 0 Å². The van der Waals surface area contributed by atoms with Gasteiger partial charge >= 0.3 is 5.69 Å². The van der Waals surface area contributed by atoms with E-state index >= 15 is 0 Å². The van der Waals surface area contributed by atoms with Crippen LogP contribution >= 0.6 is 0 Å². The average Bonchev–Trinajstić information content (AvgIpc) is 3.10. The van der Waals surface area contributed by atoms with Crippen LogP contribution in [-0.4, -0.2) is 37.0 Å². The molecular formula is C24H33N7O3. The zero-order valence-electron chi connectivity index (χ0n) is 20.8.